The van der Waals surface area contributed by atoms with Crippen molar-refractivity contribution < 1.29 is 4.39 Å². The van der Waals surface area contributed by atoms with Crippen LogP contribution in [0.4, 0.5) is 4.39 Å². The first-order chi connectivity index (χ1) is 5.65. The van der Waals surface area contributed by atoms with Gasteiger partial charge in [-0.05, 0) is 42.4 Å². The monoisotopic (exact) mass is 204 g/mol. The summed E-state index contributed by atoms with van der Waals surface area (Å²) >= 11 is 9.94. The summed E-state index contributed by atoms with van der Waals surface area (Å²) in [5.74, 6) is 0.485. The summed E-state index contributed by atoms with van der Waals surface area (Å²) in [5.41, 5.74) is 1.41. The minimum atomic E-state index is -0.198. The second-order valence-electron chi connectivity index (χ2n) is 2.67. The fraction of sp³-hybridized carbons (Fsp3) is 0.333. The lowest BCUT2D eigenvalue weighted by Gasteiger charge is -2.04. The van der Waals surface area contributed by atoms with Crippen LogP contribution in [-0.2, 0) is 6.42 Å². The second kappa shape index (κ2) is 4.15. The van der Waals surface area contributed by atoms with E-state index in [1.54, 1.807) is 13.0 Å². The molecule has 1 rings (SSSR count). The highest BCUT2D eigenvalue weighted by atomic mass is 35.5. The lowest BCUT2D eigenvalue weighted by Crippen LogP contribution is -1.91. The van der Waals surface area contributed by atoms with Crippen molar-refractivity contribution in [1.82, 2.24) is 0 Å². The molecule has 3 heteroatoms. The molecule has 1 aromatic rings. The van der Waals surface area contributed by atoms with Crippen LogP contribution in [0.3, 0.4) is 0 Å². The van der Waals surface area contributed by atoms with E-state index in [0.29, 0.717) is 22.8 Å². The zero-order valence-corrected chi connectivity index (χ0v) is 8.42. The molecule has 66 valence electrons. The third-order valence-corrected chi connectivity index (χ3v) is 2.28. The highest BCUT2D eigenvalue weighted by Crippen LogP contribution is 2.20. The van der Waals surface area contributed by atoms with Crippen molar-refractivity contribution in [3.63, 3.8) is 0 Å². The molecular formula is C9H10ClFS. The van der Waals surface area contributed by atoms with Gasteiger partial charge in [-0.2, -0.15) is 12.6 Å². The van der Waals surface area contributed by atoms with Gasteiger partial charge in [0.25, 0.3) is 0 Å². The average Bonchev–Trinajstić information content (AvgIpc) is 2.01. The molecule has 0 nitrogen and oxygen atoms in total. The van der Waals surface area contributed by atoms with Gasteiger partial charge in [-0.25, -0.2) is 4.39 Å². The zero-order valence-electron chi connectivity index (χ0n) is 6.77. The highest BCUT2D eigenvalue weighted by Gasteiger charge is 2.04. The van der Waals surface area contributed by atoms with Crippen LogP contribution in [0.1, 0.15) is 11.1 Å². The largest absolute Gasteiger partial charge is 0.207 e. The Hall–Kier alpha value is -0.210. The van der Waals surface area contributed by atoms with Crippen LogP contribution in [-0.4, -0.2) is 5.75 Å². The first-order valence-corrected chi connectivity index (χ1v) is 4.71. The molecular weight excluding hydrogens is 195 g/mol. The van der Waals surface area contributed by atoms with Gasteiger partial charge in [0.05, 0.1) is 0 Å². The molecule has 0 fully saturated rings. The molecule has 0 saturated carbocycles. The summed E-state index contributed by atoms with van der Waals surface area (Å²) in [7, 11) is 0. The molecule has 1 aromatic carbocycles. The summed E-state index contributed by atoms with van der Waals surface area (Å²) in [4.78, 5) is 0. The molecule has 0 saturated heterocycles. The Kier molecular flexibility index (Phi) is 3.41. The normalized spacial score (nSPS) is 10.3. The van der Waals surface area contributed by atoms with Gasteiger partial charge in [0.2, 0.25) is 0 Å². The minimum Gasteiger partial charge on any atom is -0.207 e. The molecule has 0 unspecified atom stereocenters. The van der Waals surface area contributed by atoms with Crippen molar-refractivity contribution in [2.75, 3.05) is 5.75 Å². The van der Waals surface area contributed by atoms with E-state index >= 15 is 0 Å². The quantitative estimate of drug-likeness (QED) is 0.703. The predicted octanol–water partition coefficient (Wildman–Crippen LogP) is 3.26. The van der Waals surface area contributed by atoms with Crippen molar-refractivity contribution in [2.45, 2.75) is 13.3 Å². The topological polar surface area (TPSA) is 0 Å². The Morgan fingerprint density at radius 2 is 2.17 bits per heavy atom. The van der Waals surface area contributed by atoms with Gasteiger partial charge in [-0.15, -0.1) is 0 Å². The van der Waals surface area contributed by atoms with Gasteiger partial charge < -0.3 is 0 Å². The number of thiol groups is 1. The molecule has 0 aliphatic carbocycles. The van der Waals surface area contributed by atoms with E-state index in [4.69, 9.17) is 11.6 Å². The summed E-state index contributed by atoms with van der Waals surface area (Å²) in [6.45, 7) is 1.70. The van der Waals surface area contributed by atoms with Gasteiger partial charge in [-0.1, -0.05) is 11.6 Å². The van der Waals surface area contributed by atoms with Crippen LogP contribution >= 0.6 is 24.2 Å². The predicted molar refractivity (Wildman–Crippen MR) is 53.7 cm³/mol. The average molecular weight is 205 g/mol. The maximum absolute atomic E-state index is 13.0. The molecule has 0 aliphatic rings. The molecule has 0 heterocycles. The van der Waals surface area contributed by atoms with Crippen LogP contribution < -0.4 is 0 Å². The zero-order chi connectivity index (χ0) is 9.14. The number of aryl methyl sites for hydroxylation is 2. The minimum absolute atomic E-state index is 0.198. The van der Waals surface area contributed by atoms with E-state index < -0.39 is 0 Å². The van der Waals surface area contributed by atoms with Crippen LogP contribution in [0.25, 0.3) is 0 Å². The van der Waals surface area contributed by atoms with Crippen molar-refractivity contribution in [1.29, 1.82) is 0 Å². The lowest BCUT2D eigenvalue weighted by molar-refractivity contribution is 0.616. The molecule has 0 amide bonds. The van der Waals surface area contributed by atoms with E-state index in [1.165, 1.54) is 6.07 Å². The van der Waals surface area contributed by atoms with E-state index in [2.05, 4.69) is 12.6 Å². The Morgan fingerprint density at radius 1 is 1.50 bits per heavy atom. The van der Waals surface area contributed by atoms with Crippen molar-refractivity contribution in [3.8, 4) is 0 Å². The fourth-order valence-corrected chi connectivity index (χ4v) is 1.55. The van der Waals surface area contributed by atoms with Crippen LogP contribution in [0.15, 0.2) is 12.1 Å². The Balaban J connectivity index is 3.05. The molecule has 0 spiro atoms. The molecule has 0 aliphatic heterocycles. The van der Waals surface area contributed by atoms with Crippen LogP contribution in [0.2, 0.25) is 5.02 Å². The Bertz CT molecular complexity index is 286. The van der Waals surface area contributed by atoms with Gasteiger partial charge in [-0.3, -0.25) is 0 Å². The van der Waals surface area contributed by atoms with Gasteiger partial charge in [0.15, 0.2) is 0 Å². The van der Waals surface area contributed by atoms with Crippen molar-refractivity contribution >= 4 is 24.2 Å². The standard InChI is InChI=1S/C9H10ClFS/c1-6-4-8(10)7(2-3-12)5-9(6)11/h4-5,12H,2-3H2,1H3. The van der Waals surface area contributed by atoms with Crippen molar-refractivity contribution in [3.05, 3.63) is 34.1 Å². The van der Waals surface area contributed by atoms with Gasteiger partial charge in [0, 0.05) is 5.02 Å². The van der Waals surface area contributed by atoms with Gasteiger partial charge in [0.1, 0.15) is 5.82 Å². The molecule has 0 bridgehead atoms. The molecule has 0 radical (unpaired) electrons. The number of halogens is 2. The first-order valence-electron chi connectivity index (χ1n) is 3.70. The summed E-state index contributed by atoms with van der Waals surface area (Å²) in [6.07, 6.45) is 0.707. The van der Waals surface area contributed by atoms with E-state index in [1.807, 2.05) is 0 Å². The summed E-state index contributed by atoms with van der Waals surface area (Å²) in [6, 6.07) is 3.13. The van der Waals surface area contributed by atoms with E-state index in [-0.39, 0.29) is 5.82 Å². The number of hydrogen-bond acceptors (Lipinski definition) is 1. The van der Waals surface area contributed by atoms with Crippen LogP contribution in [0.5, 0.6) is 0 Å². The molecule has 0 atom stereocenters. The van der Waals surface area contributed by atoms with E-state index in [0.717, 1.165) is 5.56 Å². The summed E-state index contributed by atoms with van der Waals surface area (Å²) in [5, 5.41) is 0.628. The van der Waals surface area contributed by atoms with Crippen molar-refractivity contribution in [2.24, 2.45) is 0 Å². The van der Waals surface area contributed by atoms with E-state index in [9.17, 15) is 4.39 Å². The smallest absolute Gasteiger partial charge is 0.126 e. The fourth-order valence-electron chi connectivity index (χ4n) is 1.000. The maximum atomic E-state index is 13.0. The third kappa shape index (κ3) is 2.14. The van der Waals surface area contributed by atoms with Gasteiger partial charge >= 0.3 is 0 Å². The summed E-state index contributed by atoms with van der Waals surface area (Å²) < 4.78 is 13.0. The number of rotatable bonds is 2. The third-order valence-electron chi connectivity index (χ3n) is 1.71. The Morgan fingerprint density at radius 3 is 2.75 bits per heavy atom. The highest BCUT2D eigenvalue weighted by molar-refractivity contribution is 7.80. The number of hydrogen-bond donors (Lipinski definition) is 1. The lowest BCUT2D eigenvalue weighted by atomic mass is 10.1. The second-order valence-corrected chi connectivity index (χ2v) is 3.52. The maximum Gasteiger partial charge on any atom is 0.126 e. The molecule has 0 aromatic heterocycles. The van der Waals surface area contributed by atoms with Crippen LogP contribution in [0, 0.1) is 12.7 Å². The number of benzene rings is 1. The molecule has 0 N–H and O–H groups in total. The molecule has 12 heavy (non-hydrogen) atoms. The SMILES string of the molecule is Cc1cc(Cl)c(CCS)cc1F. The Labute approximate surface area is 82.2 Å². The first kappa shape index (κ1) is 9.87.